The van der Waals surface area contributed by atoms with E-state index in [9.17, 15) is 9.59 Å². The van der Waals surface area contributed by atoms with Crippen LogP contribution in [0.1, 0.15) is 20.7 Å². The van der Waals surface area contributed by atoms with Gasteiger partial charge in [0.1, 0.15) is 5.75 Å². The van der Waals surface area contributed by atoms with Gasteiger partial charge in [-0.1, -0.05) is 11.6 Å². The van der Waals surface area contributed by atoms with E-state index in [2.05, 4.69) is 5.10 Å². The highest BCUT2D eigenvalue weighted by Gasteiger charge is 2.26. The molecule has 2 heterocycles. The number of carbonyl (C=O) groups excluding carboxylic acids is 2. The molecule has 7 nitrogen and oxygen atoms in total. The summed E-state index contributed by atoms with van der Waals surface area (Å²) in [5.41, 5.74) is 1.95. The molecule has 2 amide bonds. The van der Waals surface area contributed by atoms with Gasteiger partial charge in [-0.2, -0.15) is 5.10 Å². The smallest absolute Gasteiger partial charge is 0.257 e. The Labute approximate surface area is 179 Å². The van der Waals surface area contributed by atoms with Gasteiger partial charge in [0.2, 0.25) is 0 Å². The third-order valence-corrected chi connectivity index (χ3v) is 5.36. The van der Waals surface area contributed by atoms with Gasteiger partial charge < -0.3 is 14.5 Å². The lowest BCUT2D eigenvalue weighted by Gasteiger charge is -2.34. The second kappa shape index (κ2) is 8.59. The number of rotatable bonds is 4. The van der Waals surface area contributed by atoms with Crippen molar-refractivity contribution < 1.29 is 14.3 Å². The Morgan fingerprint density at radius 2 is 1.43 bits per heavy atom. The number of amides is 2. The fourth-order valence-corrected chi connectivity index (χ4v) is 3.51. The Hall–Kier alpha value is -3.32. The van der Waals surface area contributed by atoms with Gasteiger partial charge in [0, 0.05) is 43.0 Å². The molecule has 2 aromatic carbocycles. The number of carbonyl (C=O) groups is 2. The number of hydrogen-bond acceptors (Lipinski definition) is 4. The van der Waals surface area contributed by atoms with Crippen LogP contribution in [-0.4, -0.2) is 64.7 Å². The number of ether oxygens (including phenoxy) is 1. The first kappa shape index (κ1) is 20.0. The van der Waals surface area contributed by atoms with Crippen LogP contribution >= 0.6 is 11.6 Å². The van der Waals surface area contributed by atoms with E-state index >= 15 is 0 Å². The highest BCUT2D eigenvalue weighted by atomic mass is 35.5. The molecule has 0 atom stereocenters. The highest BCUT2D eigenvalue weighted by Crippen LogP contribution is 2.17. The van der Waals surface area contributed by atoms with E-state index in [1.54, 1.807) is 70.4 Å². The van der Waals surface area contributed by atoms with Crippen molar-refractivity contribution >= 4 is 23.4 Å². The number of benzene rings is 2. The predicted molar refractivity (Wildman–Crippen MR) is 113 cm³/mol. The van der Waals surface area contributed by atoms with Crippen LogP contribution in [0, 0.1) is 0 Å². The van der Waals surface area contributed by atoms with Gasteiger partial charge in [0.25, 0.3) is 11.8 Å². The van der Waals surface area contributed by atoms with Crippen LogP contribution in [0.25, 0.3) is 5.69 Å². The molecule has 1 saturated heterocycles. The summed E-state index contributed by atoms with van der Waals surface area (Å²) in [4.78, 5) is 29.1. The molecule has 8 heteroatoms. The molecule has 0 N–H and O–H groups in total. The molecule has 154 valence electrons. The molecule has 0 unspecified atom stereocenters. The minimum absolute atomic E-state index is 0.0414. The SMILES string of the molecule is COc1ccc(C(=O)N2CCN(C(=O)c3cnn(-c4ccc(Cl)cc4)c3)CC2)cc1. The molecule has 3 aromatic rings. The standard InChI is InChI=1S/C22H21ClN4O3/c1-30-20-8-2-16(3-9-20)21(28)25-10-12-26(13-11-25)22(29)17-14-24-27(15-17)19-6-4-18(23)5-7-19/h2-9,14-15H,10-13H2,1H3. The van der Waals surface area contributed by atoms with Crippen molar-refractivity contribution in [2.75, 3.05) is 33.3 Å². The molecule has 0 bridgehead atoms. The van der Waals surface area contributed by atoms with Gasteiger partial charge in [0.15, 0.2) is 0 Å². The number of aromatic nitrogens is 2. The zero-order valence-corrected chi connectivity index (χ0v) is 17.2. The minimum atomic E-state index is -0.0910. The van der Waals surface area contributed by atoms with E-state index in [0.29, 0.717) is 48.1 Å². The summed E-state index contributed by atoms with van der Waals surface area (Å²) in [5, 5.41) is 4.92. The third-order valence-electron chi connectivity index (χ3n) is 5.11. The van der Waals surface area contributed by atoms with Crippen molar-refractivity contribution in [1.29, 1.82) is 0 Å². The molecule has 1 aliphatic heterocycles. The summed E-state index contributed by atoms with van der Waals surface area (Å²) >= 11 is 5.92. The number of methoxy groups -OCH3 is 1. The van der Waals surface area contributed by atoms with Crippen LogP contribution < -0.4 is 4.74 Å². The van der Waals surface area contributed by atoms with E-state index < -0.39 is 0 Å². The summed E-state index contributed by atoms with van der Waals surface area (Å²) in [5.74, 6) is 0.577. The highest BCUT2D eigenvalue weighted by molar-refractivity contribution is 6.30. The quantitative estimate of drug-likeness (QED) is 0.645. The fourth-order valence-electron chi connectivity index (χ4n) is 3.38. The molecule has 4 rings (SSSR count). The molecular weight excluding hydrogens is 404 g/mol. The van der Waals surface area contributed by atoms with Crippen LogP contribution in [0.3, 0.4) is 0 Å². The number of halogens is 1. The normalized spacial score (nSPS) is 13.9. The first-order valence-electron chi connectivity index (χ1n) is 9.58. The van der Waals surface area contributed by atoms with Crippen molar-refractivity contribution in [3.63, 3.8) is 0 Å². The number of hydrogen-bond donors (Lipinski definition) is 0. The molecule has 1 fully saturated rings. The van der Waals surface area contributed by atoms with Gasteiger partial charge in [-0.3, -0.25) is 9.59 Å². The second-order valence-corrected chi connectivity index (χ2v) is 7.40. The van der Waals surface area contributed by atoms with Crippen molar-refractivity contribution in [1.82, 2.24) is 19.6 Å². The van der Waals surface area contributed by atoms with Crippen molar-refractivity contribution in [3.05, 3.63) is 77.1 Å². The van der Waals surface area contributed by atoms with Gasteiger partial charge in [-0.05, 0) is 48.5 Å². The fraction of sp³-hybridized carbons (Fsp3) is 0.227. The minimum Gasteiger partial charge on any atom is -0.497 e. The molecule has 1 aliphatic rings. The summed E-state index contributed by atoms with van der Waals surface area (Å²) < 4.78 is 6.78. The van der Waals surface area contributed by atoms with Crippen LogP contribution in [-0.2, 0) is 0 Å². The van der Waals surface area contributed by atoms with Gasteiger partial charge in [-0.15, -0.1) is 0 Å². The molecular formula is C22H21ClN4O3. The first-order chi connectivity index (χ1) is 14.5. The van der Waals surface area contributed by atoms with Gasteiger partial charge >= 0.3 is 0 Å². The van der Waals surface area contributed by atoms with Crippen molar-refractivity contribution in [3.8, 4) is 11.4 Å². The lowest BCUT2D eigenvalue weighted by molar-refractivity contribution is 0.0535. The maximum atomic E-state index is 12.8. The van der Waals surface area contributed by atoms with E-state index in [-0.39, 0.29) is 11.8 Å². The van der Waals surface area contributed by atoms with Crippen LogP contribution in [0.5, 0.6) is 5.75 Å². The zero-order chi connectivity index (χ0) is 21.1. The summed E-state index contributed by atoms with van der Waals surface area (Å²) in [6.07, 6.45) is 3.27. The largest absolute Gasteiger partial charge is 0.497 e. The zero-order valence-electron chi connectivity index (χ0n) is 16.5. The van der Waals surface area contributed by atoms with E-state index in [4.69, 9.17) is 16.3 Å². The van der Waals surface area contributed by atoms with Crippen LogP contribution in [0.2, 0.25) is 5.02 Å². The second-order valence-electron chi connectivity index (χ2n) is 6.96. The maximum absolute atomic E-state index is 12.8. The van der Waals surface area contributed by atoms with Gasteiger partial charge in [0.05, 0.1) is 24.6 Å². The number of nitrogens with zero attached hydrogens (tertiary/aromatic N) is 4. The average Bonchev–Trinajstić information content (AvgIpc) is 3.29. The lowest BCUT2D eigenvalue weighted by atomic mass is 10.1. The Morgan fingerprint density at radius 3 is 2.00 bits per heavy atom. The summed E-state index contributed by atoms with van der Waals surface area (Å²) in [7, 11) is 1.59. The van der Waals surface area contributed by atoms with E-state index in [0.717, 1.165) is 5.69 Å². The average molecular weight is 425 g/mol. The maximum Gasteiger partial charge on any atom is 0.257 e. The van der Waals surface area contributed by atoms with Crippen molar-refractivity contribution in [2.24, 2.45) is 0 Å². The van der Waals surface area contributed by atoms with Gasteiger partial charge in [-0.25, -0.2) is 4.68 Å². The Bertz CT molecular complexity index is 1040. The third kappa shape index (κ3) is 4.16. The van der Waals surface area contributed by atoms with E-state index in [1.165, 1.54) is 0 Å². The molecule has 0 aliphatic carbocycles. The Balaban J connectivity index is 1.37. The van der Waals surface area contributed by atoms with Crippen molar-refractivity contribution in [2.45, 2.75) is 0 Å². The number of piperazine rings is 1. The lowest BCUT2D eigenvalue weighted by Crippen LogP contribution is -2.50. The molecule has 0 saturated carbocycles. The predicted octanol–water partition coefficient (Wildman–Crippen LogP) is 3.13. The first-order valence-corrected chi connectivity index (χ1v) is 9.96. The topological polar surface area (TPSA) is 67.7 Å². The summed E-state index contributed by atoms with van der Waals surface area (Å²) in [6, 6.07) is 14.3. The Morgan fingerprint density at radius 1 is 0.867 bits per heavy atom. The molecule has 0 radical (unpaired) electrons. The van der Waals surface area contributed by atoms with E-state index in [1.807, 2.05) is 12.1 Å². The molecule has 30 heavy (non-hydrogen) atoms. The molecule has 0 spiro atoms. The van der Waals surface area contributed by atoms with Crippen LogP contribution in [0.4, 0.5) is 0 Å². The summed E-state index contributed by atoms with van der Waals surface area (Å²) in [6.45, 7) is 1.93. The van der Waals surface area contributed by atoms with Crippen LogP contribution in [0.15, 0.2) is 60.9 Å². The monoisotopic (exact) mass is 424 g/mol. The molecule has 1 aromatic heterocycles. The Kier molecular flexibility index (Phi) is 5.72.